The molecule has 0 spiro atoms. The average Bonchev–Trinajstić information content (AvgIpc) is 3.15. The number of thiazole rings is 1. The number of anilines is 1. The number of amides is 1. The van der Waals surface area contributed by atoms with Crippen LogP contribution < -0.4 is 9.64 Å². The summed E-state index contributed by atoms with van der Waals surface area (Å²) in [7, 11) is 0. The summed E-state index contributed by atoms with van der Waals surface area (Å²) >= 11 is 1.26. The zero-order valence-electron chi connectivity index (χ0n) is 15.7. The van der Waals surface area contributed by atoms with Crippen LogP contribution in [0.5, 0.6) is 5.75 Å². The molecule has 146 valence electrons. The fraction of sp³-hybridized carbons (Fsp3) is 0.136. The smallest absolute Gasteiger partial charge is 0.267 e. The van der Waals surface area contributed by atoms with Gasteiger partial charge in [-0.15, -0.1) is 0 Å². The minimum absolute atomic E-state index is 0.139. The molecule has 2 aromatic carbocycles. The van der Waals surface area contributed by atoms with E-state index in [9.17, 15) is 9.18 Å². The standard InChI is InChI=1S/C22H18FN3O2S/c1-15-5-8-18(9-6-15)28-14-21(27)26(13-17-4-2-3-11-24-17)22-25-19-10-7-16(23)12-20(19)29-22/h2-12H,13-14H2,1H3. The summed E-state index contributed by atoms with van der Waals surface area (Å²) in [4.78, 5) is 23.3. The zero-order valence-corrected chi connectivity index (χ0v) is 16.5. The van der Waals surface area contributed by atoms with Crippen molar-refractivity contribution in [1.82, 2.24) is 9.97 Å². The molecular formula is C22H18FN3O2S. The van der Waals surface area contributed by atoms with Crippen molar-refractivity contribution in [3.63, 3.8) is 0 Å². The van der Waals surface area contributed by atoms with E-state index >= 15 is 0 Å². The summed E-state index contributed by atoms with van der Waals surface area (Å²) in [5, 5.41) is 0.480. The lowest BCUT2D eigenvalue weighted by atomic mass is 10.2. The molecule has 0 saturated heterocycles. The van der Waals surface area contributed by atoms with Crippen molar-refractivity contribution in [2.75, 3.05) is 11.5 Å². The molecule has 0 bridgehead atoms. The zero-order chi connectivity index (χ0) is 20.2. The summed E-state index contributed by atoms with van der Waals surface area (Å²) in [6.45, 7) is 2.10. The predicted molar refractivity (Wildman–Crippen MR) is 112 cm³/mol. The van der Waals surface area contributed by atoms with Crippen molar-refractivity contribution in [1.29, 1.82) is 0 Å². The number of aryl methyl sites for hydroxylation is 1. The van der Waals surface area contributed by atoms with E-state index in [-0.39, 0.29) is 24.9 Å². The van der Waals surface area contributed by atoms with Crippen LogP contribution in [-0.4, -0.2) is 22.5 Å². The molecule has 1 amide bonds. The first-order chi connectivity index (χ1) is 14.1. The van der Waals surface area contributed by atoms with E-state index in [4.69, 9.17) is 4.74 Å². The van der Waals surface area contributed by atoms with Crippen LogP contribution in [0.1, 0.15) is 11.3 Å². The number of carbonyl (C=O) groups is 1. The van der Waals surface area contributed by atoms with Crippen LogP contribution in [-0.2, 0) is 11.3 Å². The summed E-state index contributed by atoms with van der Waals surface area (Å²) in [6, 6.07) is 17.4. The molecule has 5 nitrogen and oxygen atoms in total. The monoisotopic (exact) mass is 407 g/mol. The highest BCUT2D eigenvalue weighted by atomic mass is 32.1. The average molecular weight is 407 g/mol. The topological polar surface area (TPSA) is 55.3 Å². The Morgan fingerprint density at radius 3 is 2.72 bits per heavy atom. The molecule has 2 heterocycles. The predicted octanol–water partition coefficient (Wildman–Crippen LogP) is 4.75. The van der Waals surface area contributed by atoms with Crippen molar-refractivity contribution < 1.29 is 13.9 Å². The first-order valence-electron chi connectivity index (χ1n) is 9.04. The molecule has 29 heavy (non-hydrogen) atoms. The SMILES string of the molecule is Cc1ccc(OCC(=O)N(Cc2ccccn2)c2nc3ccc(F)cc3s2)cc1. The fourth-order valence-electron chi connectivity index (χ4n) is 2.78. The number of ether oxygens (including phenoxy) is 1. The van der Waals surface area contributed by atoms with Gasteiger partial charge in [-0.2, -0.15) is 0 Å². The molecule has 4 rings (SSSR count). The lowest BCUT2D eigenvalue weighted by Gasteiger charge is -2.19. The largest absolute Gasteiger partial charge is 0.484 e. The van der Waals surface area contributed by atoms with E-state index in [0.717, 1.165) is 11.3 Å². The number of pyridine rings is 1. The van der Waals surface area contributed by atoms with Crippen LogP contribution in [0.3, 0.4) is 0 Å². The first-order valence-corrected chi connectivity index (χ1v) is 9.86. The molecule has 7 heteroatoms. The van der Waals surface area contributed by atoms with Crippen molar-refractivity contribution in [3.05, 3.63) is 83.9 Å². The molecule has 0 saturated carbocycles. The summed E-state index contributed by atoms with van der Waals surface area (Å²) in [5.74, 6) is 0.0295. The molecule has 4 aromatic rings. The van der Waals surface area contributed by atoms with Crippen LogP contribution in [0.2, 0.25) is 0 Å². The van der Waals surface area contributed by atoms with Gasteiger partial charge in [0.05, 0.1) is 22.5 Å². The lowest BCUT2D eigenvalue weighted by Crippen LogP contribution is -2.34. The summed E-state index contributed by atoms with van der Waals surface area (Å²) in [6.07, 6.45) is 1.68. The Balaban J connectivity index is 1.59. The Bertz CT molecular complexity index is 1130. The quantitative estimate of drug-likeness (QED) is 0.463. The van der Waals surface area contributed by atoms with Crippen LogP contribution in [0.25, 0.3) is 10.2 Å². The Labute approximate surface area is 171 Å². The molecule has 0 atom stereocenters. The van der Waals surface area contributed by atoms with Gasteiger partial charge < -0.3 is 4.74 Å². The van der Waals surface area contributed by atoms with Gasteiger partial charge in [0.15, 0.2) is 11.7 Å². The van der Waals surface area contributed by atoms with E-state index in [1.807, 2.05) is 49.4 Å². The van der Waals surface area contributed by atoms with Gasteiger partial charge in [0.1, 0.15) is 11.6 Å². The summed E-state index contributed by atoms with van der Waals surface area (Å²) < 4.78 is 19.9. The maximum absolute atomic E-state index is 13.6. The Morgan fingerprint density at radius 1 is 1.14 bits per heavy atom. The minimum Gasteiger partial charge on any atom is -0.484 e. The van der Waals surface area contributed by atoms with Crippen LogP contribution in [0.15, 0.2) is 66.9 Å². The number of hydrogen-bond acceptors (Lipinski definition) is 5. The molecule has 2 aromatic heterocycles. The van der Waals surface area contributed by atoms with Gasteiger partial charge in [-0.1, -0.05) is 35.1 Å². The van der Waals surface area contributed by atoms with Crippen LogP contribution >= 0.6 is 11.3 Å². The molecule has 0 fully saturated rings. The molecule has 0 N–H and O–H groups in total. The summed E-state index contributed by atoms with van der Waals surface area (Å²) in [5.41, 5.74) is 2.48. The molecule has 0 aliphatic rings. The first kappa shape index (κ1) is 19.0. The maximum atomic E-state index is 13.6. The molecule has 0 radical (unpaired) electrons. The highest BCUT2D eigenvalue weighted by Gasteiger charge is 2.21. The van der Waals surface area contributed by atoms with Crippen molar-refractivity contribution in [2.45, 2.75) is 13.5 Å². The minimum atomic E-state index is -0.335. The molecule has 0 unspecified atom stereocenters. The second-order valence-corrected chi connectivity index (χ2v) is 7.52. The third-order valence-electron chi connectivity index (χ3n) is 4.30. The van der Waals surface area contributed by atoms with Gasteiger partial charge in [0, 0.05) is 6.20 Å². The number of nitrogens with zero attached hydrogens (tertiary/aromatic N) is 3. The number of halogens is 1. The van der Waals surface area contributed by atoms with E-state index in [0.29, 0.717) is 21.1 Å². The van der Waals surface area contributed by atoms with Gasteiger partial charge in [-0.25, -0.2) is 9.37 Å². The van der Waals surface area contributed by atoms with E-state index < -0.39 is 0 Å². The highest BCUT2D eigenvalue weighted by Crippen LogP contribution is 2.30. The van der Waals surface area contributed by atoms with Gasteiger partial charge in [0.25, 0.3) is 5.91 Å². The third kappa shape index (κ3) is 4.57. The van der Waals surface area contributed by atoms with Gasteiger partial charge in [-0.3, -0.25) is 14.7 Å². The number of carbonyl (C=O) groups excluding carboxylic acids is 1. The second kappa shape index (κ2) is 8.36. The number of benzene rings is 2. The van der Waals surface area contributed by atoms with E-state index in [1.165, 1.54) is 28.4 Å². The highest BCUT2D eigenvalue weighted by molar-refractivity contribution is 7.22. The van der Waals surface area contributed by atoms with Crippen molar-refractivity contribution in [2.24, 2.45) is 0 Å². The van der Waals surface area contributed by atoms with Crippen molar-refractivity contribution >= 4 is 32.6 Å². The number of hydrogen-bond donors (Lipinski definition) is 0. The molecule has 0 aliphatic heterocycles. The Morgan fingerprint density at radius 2 is 1.97 bits per heavy atom. The second-order valence-electron chi connectivity index (χ2n) is 6.51. The fourth-order valence-corrected chi connectivity index (χ4v) is 3.78. The number of rotatable bonds is 6. The maximum Gasteiger partial charge on any atom is 0.267 e. The van der Waals surface area contributed by atoms with Crippen LogP contribution in [0, 0.1) is 12.7 Å². The number of aromatic nitrogens is 2. The van der Waals surface area contributed by atoms with Gasteiger partial charge in [-0.05, 0) is 49.4 Å². The van der Waals surface area contributed by atoms with Crippen molar-refractivity contribution in [3.8, 4) is 5.75 Å². The number of fused-ring (bicyclic) bond motifs is 1. The lowest BCUT2D eigenvalue weighted by molar-refractivity contribution is -0.120. The molecular weight excluding hydrogens is 389 g/mol. The van der Waals surface area contributed by atoms with Crippen LogP contribution in [0.4, 0.5) is 9.52 Å². The molecule has 0 aliphatic carbocycles. The van der Waals surface area contributed by atoms with Gasteiger partial charge >= 0.3 is 0 Å². The third-order valence-corrected chi connectivity index (χ3v) is 5.34. The van der Waals surface area contributed by atoms with E-state index in [2.05, 4.69) is 9.97 Å². The normalized spacial score (nSPS) is 10.8. The van der Waals surface area contributed by atoms with E-state index in [1.54, 1.807) is 12.3 Å². The Hall–Kier alpha value is -3.32. The van der Waals surface area contributed by atoms with Gasteiger partial charge in [0.2, 0.25) is 0 Å². The Kier molecular flexibility index (Phi) is 5.48.